The van der Waals surface area contributed by atoms with E-state index >= 15 is 0 Å². The van der Waals surface area contributed by atoms with Crippen LogP contribution in [0.15, 0.2) is 0 Å². The summed E-state index contributed by atoms with van der Waals surface area (Å²) in [7, 11) is 0. The van der Waals surface area contributed by atoms with Gasteiger partial charge in [0.2, 0.25) is 5.60 Å². The molecule has 0 radical (unpaired) electrons. The van der Waals surface area contributed by atoms with Crippen molar-refractivity contribution < 1.29 is 29.7 Å². The first-order valence-corrected chi connectivity index (χ1v) is 14.9. The van der Waals surface area contributed by atoms with E-state index in [-0.39, 0.29) is 12.3 Å². The zero-order chi connectivity index (χ0) is 28.8. The molecule has 0 aliphatic heterocycles. The summed E-state index contributed by atoms with van der Waals surface area (Å²) in [5.41, 5.74) is -5.83. The first-order chi connectivity index (χ1) is 17.2. The SMILES string of the molecule is CCCCCC(C)CCC(=O)C(O)(CO)C(O)(C(=O)C(C)CCCC(C)C)C(=O)C(C)CCCC(C)C. The summed E-state index contributed by atoms with van der Waals surface area (Å²) in [6.07, 6.45) is 8.58. The number of aliphatic hydroxyl groups excluding tert-OH is 1. The van der Waals surface area contributed by atoms with Crippen LogP contribution in [-0.4, -0.2) is 50.5 Å². The molecule has 0 saturated carbocycles. The van der Waals surface area contributed by atoms with Gasteiger partial charge in [0.05, 0.1) is 6.61 Å². The lowest BCUT2D eigenvalue weighted by Gasteiger charge is -2.41. The van der Waals surface area contributed by atoms with E-state index in [1.54, 1.807) is 13.8 Å². The van der Waals surface area contributed by atoms with Crippen LogP contribution in [0.5, 0.6) is 0 Å². The molecule has 0 bridgehead atoms. The van der Waals surface area contributed by atoms with E-state index in [4.69, 9.17) is 0 Å². The highest BCUT2D eigenvalue weighted by molar-refractivity contribution is 6.17. The molecule has 0 heterocycles. The fourth-order valence-electron chi connectivity index (χ4n) is 5.04. The summed E-state index contributed by atoms with van der Waals surface area (Å²) >= 11 is 0. The molecule has 0 saturated heterocycles. The molecular formula is C31H58O6. The van der Waals surface area contributed by atoms with Gasteiger partial charge < -0.3 is 15.3 Å². The van der Waals surface area contributed by atoms with E-state index < -0.39 is 47.0 Å². The average Bonchev–Trinajstić information content (AvgIpc) is 2.84. The Morgan fingerprint density at radius 2 is 1.11 bits per heavy atom. The summed E-state index contributed by atoms with van der Waals surface area (Å²) in [5.74, 6) is -2.95. The molecule has 0 fully saturated rings. The monoisotopic (exact) mass is 526 g/mol. The van der Waals surface area contributed by atoms with Crippen LogP contribution in [0.25, 0.3) is 0 Å². The van der Waals surface area contributed by atoms with Gasteiger partial charge in [-0.05, 0) is 37.0 Å². The number of hydrogen-bond acceptors (Lipinski definition) is 6. The molecule has 218 valence electrons. The number of carbonyl (C=O) groups is 3. The number of rotatable bonds is 22. The lowest BCUT2D eigenvalue weighted by Crippen LogP contribution is -2.71. The summed E-state index contributed by atoms with van der Waals surface area (Å²) in [6.45, 7) is 14.5. The van der Waals surface area contributed by atoms with Crippen LogP contribution in [0, 0.1) is 29.6 Å². The van der Waals surface area contributed by atoms with Crippen molar-refractivity contribution in [3.05, 3.63) is 0 Å². The van der Waals surface area contributed by atoms with Gasteiger partial charge in [0.25, 0.3) is 0 Å². The molecule has 4 atom stereocenters. The Balaban J connectivity index is 6.01. The van der Waals surface area contributed by atoms with Gasteiger partial charge in [-0.1, -0.05) is 107 Å². The van der Waals surface area contributed by atoms with E-state index in [9.17, 15) is 29.7 Å². The lowest BCUT2D eigenvalue weighted by molar-refractivity contribution is -0.197. The second-order valence-corrected chi connectivity index (χ2v) is 12.5. The molecule has 0 aromatic rings. The fraction of sp³-hybridized carbons (Fsp3) is 0.903. The lowest BCUT2D eigenvalue weighted by atomic mass is 9.67. The minimum absolute atomic E-state index is 0.114. The van der Waals surface area contributed by atoms with Gasteiger partial charge in [0.15, 0.2) is 23.0 Å². The molecule has 0 aliphatic rings. The van der Waals surface area contributed by atoms with E-state index in [2.05, 4.69) is 34.6 Å². The van der Waals surface area contributed by atoms with Crippen LogP contribution in [0.2, 0.25) is 0 Å². The third kappa shape index (κ3) is 10.9. The maximum atomic E-state index is 13.7. The maximum Gasteiger partial charge on any atom is 0.220 e. The van der Waals surface area contributed by atoms with Crippen molar-refractivity contribution in [2.75, 3.05) is 6.61 Å². The van der Waals surface area contributed by atoms with Crippen LogP contribution in [-0.2, 0) is 14.4 Å². The second kappa shape index (κ2) is 17.5. The molecule has 0 amide bonds. The predicted molar refractivity (Wildman–Crippen MR) is 150 cm³/mol. The number of hydrogen-bond donors (Lipinski definition) is 3. The predicted octanol–water partition coefficient (Wildman–Crippen LogP) is 6.07. The maximum absolute atomic E-state index is 13.7. The molecule has 6 heteroatoms. The highest BCUT2D eigenvalue weighted by atomic mass is 16.4. The molecule has 0 aliphatic carbocycles. The van der Waals surface area contributed by atoms with Gasteiger partial charge in [0.1, 0.15) is 0 Å². The Bertz CT molecular complexity index is 653. The molecule has 0 spiro atoms. The summed E-state index contributed by atoms with van der Waals surface area (Å²) in [5, 5.41) is 33.6. The molecule has 37 heavy (non-hydrogen) atoms. The highest BCUT2D eigenvalue weighted by Crippen LogP contribution is 2.35. The first-order valence-electron chi connectivity index (χ1n) is 14.9. The van der Waals surface area contributed by atoms with Crippen molar-refractivity contribution in [3.63, 3.8) is 0 Å². The van der Waals surface area contributed by atoms with Crippen molar-refractivity contribution in [1.29, 1.82) is 0 Å². The highest BCUT2D eigenvalue weighted by Gasteiger charge is 2.64. The Morgan fingerprint density at radius 1 is 0.649 bits per heavy atom. The molecule has 0 rings (SSSR count). The van der Waals surface area contributed by atoms with Gasteiger partial charge in [-0.25, -0.2) is 0 Å². The van der Waals surface area contributed by atoms with Crippen LogP contribution in [0.3, 0.4) is 0 Å². The first kappa shape index (κ1) is 35.9. The van der Waals surface area contributed by atoms with Gasteiger partial charge in [0, 0.05) is 18.3 Å². The third-order valence-corrected chi connectivity index (χ3v) is 7.90. The second-order valence-electron chi connectivity index (χ2n) is 12.5. The quantitative estimate of drug-likeness (QED) is 0.117. The van der Waals surface area contributed by atoms with E-state index in [1.807, 2.05) is 6.92 Å². The summed E-state index contributed by atoms with van der Waals surface area (Å²) < 4.78 is 0. The molecule has 0 aromatic heterocycles. The van der Waals surface area contributed by atoms with Gasteiger partial charge in [-0.2, -0.15) is 0 Å². The molecule has 0 aromatic carbocycles. The van der Waals surface area contributed by atoms with E-state index in [0.29, 0.717) is 31.1 Å². The number of ketones is 3. The van der Waals surface area contributed by atoms with Crippen LogP contribution < -0.4 is 0 Å². The zero-order valence-electron chi connectivity index (χ0n) is 25.1. The van der Waals surface area contributed by atoms with E-state index in [1.165, 1.54) is 0 Å². The normalized spacial score (nSPS) is 17.8. The smallest absolute Gasteiger partial charge is 0.220 e. The number of Topliss-reactive ketones (excluding diaryl/α,β-unsaturated/α-hetero) is 3. The van der Waals surface area contributed by atoms with Gasteiger partial charge in [-0.15, -0.1) is 0 Å². The Labute approximate surface area is 227 Å². The van der Waals surface area contributed by atoms with E-state index in [0.717, 1.165) is 51.4 Å². The summed E-state index contributed by atoms with van der Waals surface area (Å²) in [6, 6.07) is 0. The number of aliphatic hydroxyl groups is 3. The zero-order valence-corrected chi connectivity index (χ0v) is 25.1. The van der Waals surface area contributed by atoms with Crippen LogP contribution >= 0.6 is 0 Å². The molecule has 3 N–H and O–H groups in total. The van der Waals surface area contributed by atoms with Crippen LogP contribution in [0.4, 0.5) is 0 Å². The Kier molecular flexibility index (Phi) is 16.9. The molecule has 6 nitrogen and oxygen atoms in total. The minimum Gasteiger partial charge on any atom is -0.393 e. The third-order valence-electron chi connectivity index (χ3n) is 7.90. The average molecular weight is 527 g/mol. The largest absolute Gasteiger partial charge is 0.393 e. The van der Waals surface area contributed by atoms with Crippen molar-refractivity contribution in [2.45, 2.75) is 144 Å². The topological polar surface area (TPSA) is 112 Å². The molecule has 4 unspecified atom stereocenters. The van der Waals surface area contributed by atoms with Gasteiger partial charge >= 0.3 is 0 Å². The standard InChI is InChI=1S/C31H58O6/c1-9-10-11-16-24(6)19-20-27(33)30(36,21-32)31(37,28(34)25(7)17-12-14-22(2)3)29(35)26(8)18-13-15-23(4)5/h22-26,32,36-37H,9-21H2,1-8H3. The number of unbranched alkanes of at least 4 members (excludes halogenated alkanes) is 2. The minimum atomic E-state index is -2.97. The van der Waals surface area contributed by atoms with Crippen molar-refractivity contribution in [1.82, 2.24) is 0 Å². The van der Waals surface area contributed by atoms with Crippen LogP contribution in [0.1, 0.15) is 132 Å². The number of carbonyl (C=O) groups excluding carboxylic acids is 3. The van der Waals surface area contributed by atoms with Crippen molar-refractivity contribution in [2.24, 2.45) is 29.6 Å². The Morgan fingerprint density at radius 3 is 1.49 bits per heavy atom. The van der Waals surface area contributed by atoms with Crippen molar-refractivity contribution >= 4 is 17.3 Å². The Hall–Kier alpha value is -1.11. The summed E-state index contributed by atoms with van der Waals surface area (Å²) in [4.78, 5) is 40.8. The fourth-order valence-corrected chi connectivity index (χ4v) is 5.04. The van der Waals surface area contributed by atoms with Crippen molar-refractivity contribution in [3.8, 4) is 0 Å². The van der Waals surface area contributed by atoms with Gasteiger partial charge in [-0.3, -0.25) is 14.4 Å². The molecular weight excluding hydrogens is 468 g/mol.